The van der Waals surface area contributed by atoms with Gasteiger partial charge in [0.05, 0.1) is 25.3 Å². The molecule has 122 valence electrons. The van der Waals surface area contributed by atoms with Crippen LogP contribution in [0.15, 0.2) is 30.0 Å². The summed E-state index contributed by atoms with van der Waals surface area (Å²) in [7, 11) is 0. The monoisotopic (exact) mass is 318 g/mol. The first-order valence-corrected chi connectivity index (χ1v) is 7.21. The first-order valence-electron chi connectivity index (χ1n) is 7.21. The van der Waals surface area contributed by atoms with Gasteiger partial charge in [-0.3, -0.25) is 14.5 Å². The van der Waals surface area contributed by atoms with Gasteiger partial charge in [0.25, 0.3) is 11.8 Å². The molecule has 1 heterocycles. The Labute approximate surface area is 133 Å². The summed E-state index contributed by atoms with van der Waals surface area (Å²) >= 11 is 0. The minimum absolute atomic E-state index is 0.0544. The van der Waals surface area contributed by atoms with Crippen LogP contribution in [0, 0.1) is 6.92 Å². The molecule has 1 aliphatic heterocycles. The highest BCUT2D eigenvalue weighted by atomic mass is 16.5. The molecule has 0 fully saturated rings. The Morgan fingerprint density at radius 2 is 2.09 bits per heavy atom. The number of nitrogens with zero attached hydrogens (tertiary/aromatic N) is 1. The number of hydrogen-bond donors (Lipinski definition) is 2. The molecule has 0 aliphatic carbocycles. The molecule has 1 aromatic rings. The van der Waals surface area contributed by atoms with Crippen LogP contribution in [-0.4, -0.2) is 47.5 Å². The Kier molecular flexibility index (Phi) is 5.13. The molecule has 0 bridgehead atoms. The number of carbonyl (C=O) groups excluding carboxylic acids is 3. The van der Waals surface area contributed by atoms with Gasteiger partial charge in [-0.05, 0) is 31.5 Å². The Morgan fingerprint density at radius 3 is 2.74 bits per heavy atom. The summed E-state index contributed by atoms with van der Waals surface area (Å²) in [5, 5.41) is 11.8. The van der Waals surface area contributed by atoms with Gasteiger partial charge in [-0.25, -0.2) is 4.79 Å². The van der Waals surface area contributed by atoms with Crippen molar-refractivity contribution in [1.82, 2.24) is 4.90 Å². The third kappa shape index (κ3) is 3.40. The fraction of sp³-hybridized carbons (Fsp3) is 0.312. The van der Waals surface area contributed by atoms with E-state index in [1.807, 2.05) is 0 Å². The van der Waals surface area contributed by atoms with E-state index in [1.165, 1.54) is 6.08 Å². The number of rotatable bonds is 6. The van der Waals surface area contributed by atoms with Crippen LogP contribution in [-0.2, 0) is 14.3 Å². The Bertz CT molecular complexity index is 681. The SMILES string of the molecule is CCOC(=O)c1cccc(NC2=CC(=O)N(CCO)C2=O)c1C. The summed E-state index contributed by atoms with van der Waals surface area (Å²) in [4.78, 5) is 36.7. The highest BCUT2D eigenvalue weighted by Crippen LogP contribution is 2.23. The summed E-state index contributed by atoms with van der Waals surface area (Å²) in [6, 6.07) is 4.99. The summed E-state index contributed by atoms with van der Waals surface area (Å²) < 4.78 is 4.98. The number of amides is 2. The van der Waals surface area contributed by atoms with Gasteiger partial charge in [-0.1, -0.05) is 6.07 Å². The summed E-state index contributed by atoms with van der Waals surface area (Å²) in [5.41, 5.74) is 1.65. The predicted molar refractivity (Wildman–Crippen MR) is 82.6 cm³/mol. The smallest absolute Gasteiger partial charge is 0.338 e. The number of esters is 1. The van der Waals surface area contributed by atoms with Crippen LogP contribution in [0.2, 0.25) is 0 Å². The number of hydrogen-bond acceptors (Lipinski definition) is 6. The fourth-order valence-corrected chi connectivity index (χ4v) is 2.26. The van der Waals surface area contributed by atoms with Gasteiger partial charge >= 0.3 is 5.97 Å². The summed E-state index contributed by atoms with van der Waals surface area (Å²) in [6.07, 6.45) is 1.18. The molecule has 7 nitrogen and oxygen atoms in total. The first-order chi connectivity index (χ1) is 11.0. The lowest BCUT2D eigenvalue weighted by Crippen LogP contribution is -2.34. The van der Waals surface area contributed by atoms with Crippen molar-refractivity contribution in [3.05, 3.63) is 41.1 Å². The quantitative estimate of drug-likeness (QED) is 0.596. The number of carbonyl (C=O) groups is 3. The maximum Gasteiger partial charge on any atom is 0.338 e. The molecule has 0 unspecified atom stereocenters. The zero-order valence-electron chi connectivity index (χ0n) is 13.0. The second-order valence-electron chi connectivity index (χ2n) is 4.90. The van der Waals surface area contributed by atoms with Crippen molar-refractivity contribution < 1.29 is 24.2 Å². The fourth-order valence-electron chi connectivity index (χ4n) is 2.26. The molecule has 23 heavy (non-hydrogen) atoms. The van der Waals surface area contributed by atoms with Crippen LogP contribution in [0.3, 0.4) is 0 Å². The van der Waals surface area contributed by atoms with E-state index >= 15 is 0 Å². The third-order valence-corrected chi connectivity index (χ3v) is 3.43. The largest absolute Gasteiger partial charge is 0.462 e. The van der Waals surface area contributed by atoms with Crippen LogP contribution in [0.4, 0.5) is 5.69 Å². The predicted octanol–water partition coefficient (Wildman–Crippen LogP) is 0.829. The van der Waals surface area contributed by atoms with Crippen molar-refractivity contribution in [2.24, 2.45) is 0 Å². The van der Waals surface area contributed by atoms with E-state index in [1.54, 1.807) is 32.0 Å². The van der Waals surface area contributed by atoms with Crippen LogP contribution >= 0.6 is 0 Å². The van der Waals surface area contributed by atoms with Crippen LogP contribution in [0.5, 0.6) is 0 Å². The number of benzene rings is 1. The molecule has 2 amide bonds. The highest BCUT2D eigenvalue weighted by molar-refractivity contribution is 6.17. The lowest BCUT2D eigenvalue weighted by molar-refractivity contribution is -0.137. The zero-order chi connectivity index (χ0) is 17.0. The van der Waals surface area contributed by atoms with Crippen LogP contribution < -0.4 is 5.32 Å². The molecule has 1 aliphatic rings. The first kappa shape index (κ1) is 16.7. The summed E-state index contributed by atoms with van der Waals surface area (Å²) in [5.74, 6) is -1.44. The maximum absolute atomic E-state index is 12.1. The van der Waals surface area contributed by atoms with Crippen molar-refractivity contribution in [2.45, 2.75) is 13.8 Å². The normalized spacial score (nSPS) is 14.0. The van der Waals surface area contributed by atoms with E-state index in [4.69, 9.17) is 9.84 Å². The molecule has 0 aromatic heterocycles. The molecule has 7 heteroatoms. The Balaban J connectivity index is 2.23. The molecule has 0 saturated carbocycles. The molecule has 1 aromatic carbocycles. The lowest BCUT2D eigenvalue weighted by atomic mass is 10.1. The van der Waals surface area contributed by atoms with Crippen LogP contribution in [0.1, 0.15) is 22.8 Å². The van der Waals surface area contributed by atoms with Gasteiger partial charge in [-0.15, -0.1) is 0 Å². The van der Waals surface area contributed by atoms with E-state index in [9.17, 15) is 14.4 Å². The van der Waals surface area contributed by atoms with E-state index in [-0.39, 0.29) is 25.5 Å². The minimum Gasteiger partial charge on any atom is -0.462 e. The number of nitrogens with one attached hydrogen (secondary N) is 1. The number of aliphatic hydroxyl groups is 1. The van der Waals surface area contributed by atoms with Crippen molar-refractivity contribution in [3.8, 4) is 0 Å². The van der Waals surface area contributed by atoms with E-state index in [2.05, 4.69) is 5.32 Å². The highest BCUT2D eigenvalue weighted by Gasteiger charge is 2.31. The zero-order valence-corrected chi connectivity index (χ0v) is 13.0. The maximum atomic E-state index is 12.1. The molecule has 0 radical (unpaired) electrons. The van der Waals surface area contributed by atoms with Crippen molar-refractivity contribution >= 4 is 23.5 Å². The topological polar surface area (TPSA) is 95.9 Å². The molecular weight excluding hydrogens is 300 g/mol. The second-order valence-corrected chi connectivity index (χ2v) is 4.90. The van der Waals surface area contributed by atoms with Gasteiger partial charge in [0.1, 0.15) is 5.70 Å². The average Bonchev–Trinajstić information content (AvgIpc) is 2.77. The van der Waals surface area contributed by atoms with Gasteiger partial charge in [0, 0.05) is 11.8 Å². The number of imide groups is 1. The molecule has 0 saturated heterocycles. The van der Waals surface area contributed by atoms with Gasteiger partial charge in [-0.2, -0.15) is 0 Å². The number of anilines is 1. The van der Waals surface area contributed by atoms with E-state index in [0.717, 1.165) is 4.90 Å². The van der Waals surface area contributed by atoms with Crippen molar-refractivity contribution in [3.63, 3.8) is 0 Å². The number of aliphatic hydroxyl groups excluding tert-OH is 1. The van der Waals surface area contributed by atoms with Gasteiger partial charge < -0.3 is 15.2 Å². The lowest BCUT2D eigenvalue weighted by Gasteiger charge is -2.15. The molecule has 0 atom stereocenters. The molecular formula is C16H18N2O5. The molecule has 2 rings (SSSR count). The molecule has 2 N–H and O–H groups in total. The second kappa shape index (κ2) is 7.06. The van der Waals surface area contributed by atoms with Crippen LogP contribution in [0.25, 0.3) is 0 Å². The molecule has 0 spiro atoms. The van der Waals surface area contributed by atoms with Crippen molar-refractivity contribution in [2.75, 3.05) is 25.1 Å². The summed E-state index contributed by atoms with van der Waals surface area (Å²) in [6.45, 7) is 3.36. The third-order valence-electron chi connectivity index (χ3n) is 3.43. The number of β-amino-alcohol motifs (C(OH)–C–C–N with tert-alkyl or cyclic N) is 1. The van der Waals surface area contributed by atoms with E-state index in [0.29, 0.717) is 16.8 Å². The number of ether oxygens (including phenoxy) is 1. The Hall–Kier alpha value is -2.67. The van der Waals surface area contributed by atoms with Gasteiger partial charge in [0.2, 0.25) is 0 Å². The standard InChI is InChI=1S/C16H18N2O5/c1-3-23-16(22)11-5-4-6-12(10(11)2)17-13-9-14(20)18(7-8-19)15(13)21/h4-6,9,17,19H,3,7-8H2,1-2H3. The minimum atomic E-state index is -0.509. The van der Waals surface area contributed by atoms with Crippen molar-refractivity contribution in [1.29, 1.82) is 0 Å². The van der Waals surface area contributed by atoms with E-state index < -0.39 is 17.8 Å². The average molecular weight is 318 g/mol. The van der Waals surface area contributed by atoms with Gasteiger partial charge in [0.15, 0.2) is 0 Å². The Morgan fingerprint density at radius 1 is 1.35 bits per heavy atom.